The van der Waals surface area contributed by atoms with E-state index < -0.39 is 6.10 Å². The maximum Gasteiger partial charge on any atom is 0.306 e. The van der Waals surface area contributed by atoms with Gasteiger partial charge in [-0.2, -0.15) is 0 Å². The van der Waals surface area contributed by atoms with Gasteiger partial charge in [-0.3, -0.25) is 14.4 Å². The Morgan fingerprint density at radius 1 is 0.300 bits per heavy atom. The summed E-state index contributed by atoms with van der Waals surface area (Å²) in [4.78, 5) is 38.2. The third-order valence-electron chi connectivity index (χ3n) is 13.0. The first-order valence-electron chi connectivity index (χ1n) is 29.9. The van der Waals surface area contributed by atoms with Crippen molar-refractivity contribution >= 4 is 17.9 Å². The van der Waals surface area contributed by atoms with E-state index in [2.05, 4.69) is 93.7 Å². The van der Waals surface area contributed by atoms with Crippen LogP contribution >= 0.6 is 0 Å². The van der Waals surface area contributed by atoms with Gasteiger partial charge in [-0.05, 0) is 70.6 Å². The summed E-state index contributed by atoms with van der Waals surface area (Å²) < 4.78 is 16.9. The fourth-order valence-electron chi connectivity index (χ4n) is 8.51. The summed E-state index contributed by atoms with van der Waals surface area (Å²) >= 11 is 0. The molecule has 0 aliphatic heterocycles. The van der Waals surface area contributed by atoms with E-state index in [-0.39, 0.29) is 31.1 Å². The molecule has 0 saturated carbocycles. The molecule has 0 heterocycles. The molecular formula is C64H112O6. The SMILES string of the molecule is CC/C=C\C/C=C\C/C=C\C/C=C\C/C=C\C/C=C\CCCCCCCCC(=O)OCC(COC(=O)CCCCCCCCCCCCCC)OC(=O)CCCCCCCCCCCCCCCCC. The molecule has 0 aromatic rings. The number of allylic oxidation sites excluding steroid dienone is 12. The fourth-order valence-corrected chi connectivity index (χ4v) is 8.51. The summed E-state index contributed by atoms with van der Waals surface area (Å²) in [6.07, 6.45) is 74.6. The Morgan fingerprint density at radius 2 is 0.557 bits per heavy atom. The van der Waals surface area contributed by atoms with Gasteiger partial charge >= 0.3 is 17.9 Å². The van der Waals surface area contributed by atoms with Gasteiger partial charge < -0.3 is 14.2 Å². The number of ether oxygens (including phenoxy) is 3. The number of unbranched alkanes of at least 4 members (excludes halogenated alkanes) is 31. The topological polar surface area (TPSA) is 78.9 Å². The highest BCUT2D eigenvalue weighted by molar-refractivity contribution is 5.71. The first kappa shape index (κ1) is 66.9. The first-order valence-corrected chi connectivity index (χ1v) is 29.9. The first-order chi connectivity index (χ1) is 34.5. The third kappa shape index (κ3) is 55.8. The summed E-state index contributed by atoms with van der Waals surface area (Å²) in [6, 6.07) is 0. The average Bonchev–Trinajstić information content (AvgIpc) is 3.36. The van der Waals surface area contributed by atoms with Gasteiger partial charge in [0.1, 0.15) is 13.2 Å². The van der Waals surface area contributed by atoms with E-state index in [4.69, 9.17) is 14.2 Å². The van der Waals surface area contributed by atoms with Gasteiger partial charge in [-0.25, -0.2) is 0 Å². The Kier molecular flexibility index (Phi) is 55.8. The van der Waals surface area contributed by atoms with Crippen LogP contribution in [0.2, 0.25) is 0 Å². The fraction of sp³-hybridized carbons (Fsp3) is 0.766. The summed E-state index contributed by atoms with van der Waals surface area (Å²) in [5.41, 5.74) is 0. The summed E-state index contributed by atoms with van der Waals surface area (Å²) in [5.74, 6) is -0.878. The number of carbonyl (C=O) groups excluding carboxylic acids is 3. The molecule has 0 N–H and O–H groups in total. The number of esters is 3. The van der Waals surface area contributed by atoms with Crippen molar-refractivity contribution < 1.29 is 28.6 Å². The average molecular weight is 978 g/mol. The van der Waals surface area contributed by atoms with Crippen molar-refractivity contribution in [1.82, 2.24) is 0 Å². The molecule has 0 aliphatic rings. The molecule has 6 nitrogen and oxygen atoms in total. The van der Waals surface area contributed by atoms with Crippen molar-refractivity contribution in [3.05, 3.63) is 72.9 Å². The molecule has 0 saturated heterocycles. The van der Waals surface area contributed by atoms with Crippen LogP contribution in [0.4, 0.5) is 0 Å². The van der Waals surface area contributed by atoms with Crippen LogP contribution in [0, 0.1) is 0 Å². The second-order valence-electron chi connectivity index (χ2n) is 19.9. The van der Waals surface area contributed by atoms with Gasteiger partial charge in [-0.1, -0.05) is 280 Å². The van der Waals surface area contributed by atoms with Gasteiger partial charge in [0.2, 0.25) is 0 Å². The van der Waals surface area contributed by atoms with Crippen molar-refractivity contribution in [3.8, 4) is 0 Å². The van der Waals surface area contributed by atoms with Crippen LogP contribution in [0.1, 0.15) is 297 Å². The number of rotatable bonds is 54. The Balaban J connectivity index is 4.32. The van der Waals surface area contributed by atoms with E-state index in [9.17, 15) is 14.4 Å². The number of hydrogen-bond donors (Lipinski definition) is 0. The molecule has 0 aromatic heterocycles. The van der Waals surface area contributed by atoms with Gasteiger partial charge in [0.15, 0.2) is 6.10 Å². The minimum absolute atomic E-state index is 0.0759. The van der Waals surface area contributed by atoms with Gasteiger partial charge in [0, 0.05) is 19.3 Å². The summed E-state index contributed by atoms with van der Waals surface area (Å²) in [7, 11) is 0. The van der Waals surface area contributed by atoms with E-state index in [1.807, 2.05) is 0 Å². The highest BCUT2D eigenvalue weighted by Crippen LogP contribution is 2.16. The molecular weight excluding hydrogens is 865 g/mol. The molecule has 0 amide bonds. The zero-order chi connectivity index (χ0) is 50.7. The van der Waals surface area contributed by atoms with Crippen LogP contribution in [0.3, 0.4) is 0 Å². The lowest BCUT2D eigenvalue weighted by molar-refractivity contribution is -0.167. The lowest BCUT2D eigenvalue weighted by atomic mass is 10.0. The normalized spacial score (nSPS) is 12.6. The lowest BCUT2D eigenvalue weighted by Gasteiger charge is -2.18. The minimum atomic E-state index is -0.778. The third-order valence-corrected chi connectivity index (χ3v) is 13.0. The molecule has 0 aromatic carbocycles. The molecule has 70 heavy (non-hydrogen) atoms. The van der Waals surface area contributed by atoms with Crippen molar-refractivity contribution in [2.75, 3.05) is 13.2 Å². The van der Waals surface area contributed by atoms with E-state index in [1.165, 1.54) is 154 Å². The predicted octanol–water partition coefficient (Wildman–Crippen LogP) is 20.2. The molecule has 0 fully saturated rings. The minimum Gasteiger partial charge on any atom is -0.462 e. The quantitative estimate of drug-likeness (QED) is 0.0261. The molecule has 0 radical (unpaired) electrons. The summed E-state index contributed by atoms with van der Waals surface area (Å²) in [5, 5.41) is 0. The van der Waals surface area contributed by atoms with Crippen molar-refractivity contribution in [3.63, 3.8) is 0 Å². The zero-order valence-electron chi connectivity index (χ0n) is 46.3. The Hall–Kier alpha value is -3.15. The Bertz CT molecular complexity index is 1310. The smallest absolute Gasteiger partial charge is 0.306 e. The van der Waals surface area contributed by atoms with E-state index >= 15 is 0 Å². The Morgan fingerprint density at radius 3 is 0.871 bits per heavy atom. The highest BCUT2D eigenvalue weighted by Gasteiger charge is 2.19. The molecule has 0 rings (SSSR count). The molecule has 6 heteroatoms. The molecule has 1 unspecified atom stereocenters. The van der Waals surface area contributed by atoms with Crippen LogP contribution in [-0.4, -0.2) is 37.2 Å². The summed E-state index contributed by atoms with van der Waals surface area (Å²) in [6.45, 7) is 6.54. The monoisotopic (exact) mass is 977 g/mol. The largest absolute Gasteiger partial charge is 0.462 e. The molecule has 0 spiro atoms. The van der Waals surface area contributed by atoms with Gasteiger partial charge in [0.05, 0.1) is 0 Å². The molecule has 404 valence electrons. The second-order valence-corrected chi connectivity index (χ2v) is 19.9. The van der Waals surface area contributed by atoms with Crippen LogP contribution in [0.25, 0.3) is 0 Å². The second kappa shape index (κ2) is 58.4. The molecule has 1 atom stereocenters. The van der Waals surface area contributed by atoms with Crippen molar-refractivity contribution in [2.24, 2.45) is 0 Å². The van der Waals surface area contributed by atoms with E-state index in [0.29, 0.717) is 19.3 Å². The lowest BCUT2D eigenvalue weighted by Crippen LogP contribution is -2.30. The van der Waals surface area contributed by atoms with E-state index in [0.717, 1.165) is 103 Å². The standard InChI is InChI=1S/C64H112O6/c1-4-7-10-13-16-19-22-25-27-28-29-30-31-32-33-34-35-36-38-39-42-45-48-51-54-57-63(66)69-60-61(59-68-62(65)56-53-50-47-44-41-24-21-18-15-12-9-6-3)70-64(67)58-55-52-49-46-43-40-37-26-23-20-17-14-11-8-5-2/h7,10,16,19,25,27,29-30,32-33,35-36,61H,4-6,8-9,11-15,17-18,20-24,26,28,31,34,37-60H2,1-3H3/b10-7-,19-16-,27-25-,30-29-,33-32-,36-35-. The van der Waals surface area contributed by atoms with Gasteiger partial charge in [0.25, 0.3) is 0 Å². The van der Waals surface area contributed by atoms with Crippen LogP contribution < -0.4 is 0 Å². The maximum atomic E-state index is 12.9. The van der Waals surface area contributed by atoms with E-state index in [1.54, 1.807) is 0 Å². The number of carbonyl (C=O) groups is 3. The van der Waals surface area contributed by atoms with Gasteiger partial charge in [-0.15, -0.1) is 0 Å². The number of hydrogen-bond acceptors (Lipinski definition) is 6. The molecule has 0 bridgehead atoms. The van der Waals surface area contributed by atoms with Crippen LogP contribution in [0.15, 0.2) is 72.9 Å². The molecule has 0 aliphatic carbocycles. The van der Waals surface area contributed by atoms with Crippen LogP contribution in [-0.2, 0) is 28.6 Å². The maximum absolute atomic E-state index is 12.9. The Labute approximate surface area is 433 Å². The van der Waals surface area contributed by atoms with Crippen molar-refractivity contribution in [1.29, 1.82) is 0 Å². The predicted molar refractivity (Wildman–Crippen MR) is 302 cm³/mol. The van der Waals surface area contributed by atoms with Crippen LogP contribution in [0.5, 0.6) is 0 Å². The van der Waals surface area contributed by atoms with Crippen molar-refractivity contribution in [2.45, 2.75) is 303 Å². The highest BCUT2D eigenvalue weighted by atomic mass is 16.6. The zero-order valence-corrected chi connectivity index (χ0v) is 46.3.